The Balaban J connectivity index is 1.92. The van der Waals surface area contributed by atoms with Crippen LogP contribution in [0.5, 0.6) is 28.7 Å². The first-order valence-corrected chi connectivity index (χ1v) is 7.79. The van der Waals surface area contributed by atoms with Crippen molar-refractivity contribution in [1.82, 2.24) is 0 Å². The van der Waals surface area contributed by atoms with E-state index in [-0.39, 0.29) is 5.92 Å². The van der Waals surface area contributed by atoms with Crippen LogP contribution in [0.15, 0.2) is 30.3 Å². The first-order valence-electron chi connectivity index (χ1n) is 7.79. The minimum atomic E-state index is 0.222. The van der Waals surface area contributed by atoms with E-state index < -0.39 is 0 Å². The largest absolute Gasteiger partial charge is 0.496 e. The zero-order chi connectivity index (χ0) is 17.1. The summed E-state index contributed by atoms with van der Waals surface area (Å²) in [5, 5.41) is 0. The third-order valence-corrected chi connectivity index (χ3v) is 4.37. The van der Waals surface area contributed by atoms with Crippen molar-refractivity contribution in [1.29, 1.82) is 0 Å². The van der Waals surface area contributed by atoms with E-state index in [4.69, 9.17) is 23.7 Å². The van der Waals surface area contributed by atoms with Gasteiger partial charge >= 0.3 is 0 Å². The fraction of sp³-hybridized carbons (Fsp3) is 0.368. The summed E-state index contributed by atoms with van der Waals surface area (Å²) in [7, 11) is 6.57. The maximum Gasteiger partial charge on any atom is 0.160 e. The molecule has 0 spiro atoms. The SMILES string of the molecule is COc1cc(OC)c2c(c1)OC[C@H](c1ccc(OC)c(OC)c1)C2. The van der Waals surface area contributed by atoms with Crippen molar-refractivity contribution in [3.05, 3.63) is 41.5 Å². The predicted octanol–water partition coefficient (Wildman–Crippen LogP) is 3.44. The van der Waals surface area contributed by atoms with Crippen LogP contribution in [0.3, 0.4) is 0 Å². The zero-order valence-corrected chi connectivity index (χ0v) is 14.4. The molecule has 0 aromatic heterocycles. The lowest BCUT2D eigenvalue weighted by atomic mass is 9.89. The van der Waals surface area contributed by atoms with Crippen LogP contribution in [0.4, 0.5) is 0 Å². The predicted molar refractivity (Wildman–Crippen MR) is 91.0 cm³/mol. The maximum absolute atomic E-state index is 5.97. The van der Waals surface area contributed by atoms with E-state index in [1.165, 1.54) is 0 Å². The van der Waals surface area contributed by atoms with Crippen molar-refractivity contribution in [2.45, 2.75) is 12.3 Å². The number of fused-ring (bicyclic) bond motifs is 1. The molecule has 0 bridgehead atoms. The summed E-state index contributed by atoms with van der Waals surface area (Å²) in [6.07, 6.45) is 0.831. The smallest absolute Gasteiger partial charge is 0.160 e. The Kier molecular flexibility index (Phi) is 4.69. The molecule has 0 saturated carbocycles. The monoisotopic (exact) mass is 330 g/mol. The van der Waals surface area contributed by atoms with Gasteiger partial charge in [-0.05, 0) is 24.1 Å². The number of rotatable bonds is 5. The second kappa shape index (κ2) is 6.91. The molecule has 0 radical (unpaired) electrons. The van der Waals surface area contributed by atoms with Gasteiger partial charge in [-0.3, -0.25) is 0 Å². The third kappa shape index (κ3) is 2.94. The van der Waals surface area contributed by atoms with Gasteiger partial charge in [0.2, 0.25) is 0 Å². The van der Waals surface area contributed by atoms with Gasteiger partial charge in [-0.1, -0.05) is 6.07 Å². The van der Waals surface area contributed by atoms with Crippen LogP contribution in [0.2, 0.25) is 0 Å². The van der Waals surface area contributed by atoms with Gasteiger partial charge in [-0.25, -0.2) is 0 Å². The Morgan fingerprint density at radius 2 is 1.58 bits per heavy atom. The lowest BCUT2D eigenvalue weighted by molar-refractivity contribution is 0.255. The first kappa shape index (κ1) is 16.3. The quantitative estimate of drug-likeness (QED) is 0.840. The summed E-state index contributed by atoms with van der Waals surface area (Å²) < 4.78 is 27.5. The van der Waals surface area contributed by atoms with E-state index in [1.807, 2.05) is 24.3 Å². The molecule has 3 rings (SSSR count). The highest BCUT2D eigenvalue weighted by molar-refractivity contribution is 5.53. The van der Waals surface area contributed by atoms with Gasteiger partial charge in [-0.2, -0.15) is 0 Å². The molecule has 1 aliphatic rings. The highest BCUT2D eigenvalue weighted by Crippen LogP contribution is 2.42. The molecule has 2 aromatic carbocycles. The van der Waals surface area contributed by atoms with Crippen molar-refractivity contribution >= 4 is 0 Å². The topological polar surface area (TPSA) is 46.2 Å². The van der Waals surface area contributed by atoms with Gasteiger partial charge in [0, 0.05) is 23.6 Å². The van der Waals surface area contributed by atoms with Crippen molar-refractivity contribution < 1.29 is 23.7 Å². The maximum atomic E-state index is 5.97. The standard InChI is InChI=1S/C19H22O5/c1-20-14-9-17(22-3)15-7-13(11-24-18(15)10-14)12-5-6-16(21-2)19(8-12)23-4/h5-6,8-10,13H,7,11H2,1-4H3/t13-/m1/s1. The molecule has 24 heavy (non-hydrogen) atoms. The van der Waals surface area contributed by atoms with Crippen molar-refractivity contribution in [3.8, 4) is 28.7 Å². The molecule has 0 aliphatic carbocycles. The van der Waals surface area contributed by atoms with Gasteiger partial charge in [0.15, 0.2) is 11.5 Å². The molecule has 0 unspecified atom stereocenters. The Morgan fingerprint density at radius 1 is 0.833 bits per heavy atom. The van der Waals surface area contributed by atoms with Crippen LogP contribution < -0.4 is 23.7 Å². The Labute approximate surface area is 142 Å². The third-order valence-electron chi connectivity index (χ3n) is 4.37. The number of methoxy groups -OCH3 is 4. The number of ether oxygens (including phenoxy) is 5. The molecular weight excluding hydrogens is 308 g/mol. The number of hydrogen-bond donors (Lipinski definition) is 0. The molecule has 0 N–H and O–H groups in total. The lowest BCUT2D eigenvalue weighted by Crippen LogP contribution is -2.20. The fourth-order valence-electron chi connectivity index (χ4n) is 3.04. The van der Waals surface area contributed by atoms with Crippen molar-refractivity contribution in [3.63, 3.8) is 0 Å². The second-order valence-corrected chi connectivity index (χ2v) is 5.63. The summed E-state index contributed by atoms with van der Waals surface area (Å²) in [4.78, 5) is 0. The molecule has 1 heterocycles. The van der Waals surface area contributed by atoms with Crippen LogP contribution in [0.1, 0.15) is 17.0 Å². The fourth-order valence-corrected chi connectivity index (χ4v) is 3.04. The minimum Gasteiger partial charge on any atom is -0.496 e. The van der Waals surface area contributed by atoms with Crippen LogP contribution in [0.25, 0.3) is 0 Å². The Bertz CT molecular complexity index is 709. The average Bonchev–Trinajstić information content (AvgIpc) is 2.65. The molecule has 128 valence electrons. The molecule has 2 aromatic rings. The Morgan fingerprint density at radius 3 is 2.25 bits per heavy atom. The Hall–Kier alpha value is -2.56. The van der Waals surface area contributed by atoms with E-state index in [1.54, 1.807) is 28.4 Å². The van der Waals surface area contributed by atoms with E-state index in [0.29, 0.717) is 6.61 Å². The molecule has 5 heteroatoms. The van der Waals surface area contributed by atoms with Gasteiger partial charge in [0.25, 0.3) is 0 Å². The van der Waals surface area contributed by atoms with Crippen molar-refractivity contribution in [2.75, 3.05) is 35.0 Å². The summed E-state index contributed by atoms with van der Waals surface area (Å²) in [6.45, 7) is 0.596. The number of benzene rings is 2. The highest BCUT2D eigenvalue weighted by Gasteiger charge is 2.26. The van der Waals surface area contributed by atoms with Crippen LogP contribution >= 0.6 is 0 Å². The normalized spacial score (nSPS) is 15.9. The molecule has 1 aliphatic heterocycles. The van der Waals surface area contributed by atoms with Crippen LogP contribution in [-0.4, -0.2) is 35.0 Å². The molecular formula is C19H22O5. The molecule has 1 atom stereocenters. The molecule has 5 nitrogen and oxygen atoms in total. The van der Waals surface area contributed by atoms with E-state index >= 15 is 0 Å². The summed E-state index contributed by atoms with van der Waals surface area (Å²) in [6, 6.07) is 9.78. The van der Waals surface area contributed by atoms with Crippen LogP contribution in [-0.2, 0) is 6.42 Å². The summed E-state index contributed by atoms with van der Waals surface area (Å²) >= 11 is 0. The molecule has 0 amide bonds. The lowest BCUT2D eigenvalue weighted by Gasteiger charge is -2.27. The second-order valence-electron chi connectivity index (χ2n) is 5.63. The number of hydrogen-bond acceptors (Lipinski definition) is 5. The molecule has 0 saturated heterocycles. The summed E-state index contributed by atoms with van der Waals surface area (Å²) in [5.41, 5.74) is 2.21. The highest BCUT2D eigenvalue weighted by atomic mass is 16.5. The van der Waals surface area contributed by atoms with E-state index in [9.17, 15) is 0 Å². The molecule has 0 fully saturated rings. The van der Waals surface area contributed by atoms with E-state index in [0.717, 1.165) is 46.3 Å². The summed E-state index contributed by atoms with van der Waals surface area (Å²) in [5.74, 6) is 4.01. The minimum absolute atomic E-state index is 0.222. The van der Waals surface area contributed by atoms with Gasteiger partial charge < -0.3 is 23.7 Å². The zero-order valence-electron chi connectivity index (χ0n) is 14.4. The van der Waals surface area contributed by atoms with Gasteiger partial charge in [0.1, 0.15) is 17.2 Å². The van der Waals surface area contributed by atoms with Gasteiger partial charge in [-0.15, -0.1) is 0 Å². The average molecular weight is 330 g/mol. The van der Waals surface area contributed by atoms with Crippen molar-refractivity contribution in [2.24, 2.45) is 0 Å². The first-order chi connectivity index (χ1) is 11.7. The van der Waals surface area contributed by atoms with E-state index in [2.05, 4.69) is 6.07 Å². The van der Waals surface area contributed by atoms with Gasteiger partial charge in [0.05, 0.1) is 35.0 Å². The van der Waals surface area contributed by atoms with Crippen LogP contribution in [0, 0.1) is 0 Å².